The molecule has 1 aliphatic carbocycles. The molecular formula is C32H29IN2O8. The third kappa shape index (κ3) is 5.26. The molecule has 0 saturated carbocycles. The number of ether oxygens (including phenoxy) is 2. The van der Waals surface area contributed by atoms with E-state index in [2.05, 4.69) is 28.7 Å². The quantitative estimate of drug-likeness (QED) is 0.175. The highest BCUT2D eigenvalue weighted by molar-refractivity contribution is 14.1. The Hall–Kier alpha value is -3.59. The number of hydrogen-bond donors (Lipinski definition) is 4. The van der Waals surface area contributed by atoms with Crippen LogP contribution in [0.3, 0.4) is 0 Å². The molecule has 4 N–H and O–H groups in total. The summed E-state index contributed by atoms with van der Waals surface area (Å²) < 4.78 is 14.3. The highest BCUT2D eigenvalue weighted by Gasteiger charge is 2.44. The van der Waals surface area contributed by atoms with E-state index in [1.807, 2.05) is 53.9 Å². The van der Waals surface area contributed by atoms with Crippen molar-refractivity contribution in [2.24, 2.45) is 7.05 Å². The number of fused-ring (bicyclic) bond motifs is 2. The highest BCUT2D eigenvalue weighted by atomic mass is 127. The SMILES string of the molecule is CN1/C(=C/C2=C([O-])C(=C/c3ccc4cc(I)ccc4[n+]3C)/C2=O)C=Cc2cc(O[C@@H]3O[C@H](CO)[C@@H](O)[C@H](O)[C@H]3O)ccc21. The molecule has 43 heavy (non-hydrogen) atoms. The van der Waals surface area contributed by atoms with Crippen molar-refractivity contribution in [2.75, 3.05) is 18.6 Å². The van der Waals surface area contributed by atoms with Crippen LogP contribution in [-0.2, 0) is 16.6 Å². The van der Waals surface area contributed by atoms with Crippen LogP contribution in [-0.4, -0.2) is 70.6 Å². The van der Waals surface area contributed by atoms with E-state index in [1.54, 1.807) is 36.4 Å². The van der Waals surface area contributed by atoms with Crippen molar-refractivity contribution in [3.05, 3.63) is 98.1 Å². The number of aliphatic hydroxyl groups excluding tert-OH is 4. The average molecular weight is 696 g/mol. The molecule has 1 aromatic heterocycles. The number of aliphatic hydroxyl groups is 4. The zero-order chi connectivity index (χ0) is 30.6. The maximum atomic E-state index is 13.0. The molecule has 0 amide bonds. The Balaban J connectivity index is 1.21. The number of halogens is 1. The monoisotopic (exact) mass is 696 g/mol. The van der Waals surface area contributed by atoms with Gasteiger partial charge < -0.3 is 39.9 Å². The first-order chi connectivity index (χ1) is 20.6. The number of rotatable bonds is 5. The first kappa shape index (κ1) is 29.5. The van der Waals surface area contributed by atoms with Gasteiger partial charge in [0.15, 0.2) is 5.78 Å². The van der Waals surface area contributed by atoms with E-state index < -0.39 is 37.3 Å². The minimum Gasteiger partial charge on any atom is -0.871 e. The lowest BCUT2D eigenvalue weighted by Gasteiger charge is -2.39. The van der Waals surface area contributed by atoms with Crippen molar-refractivity contribution in [3.63, 3.8) is 0 Å². The fraction of sp³-hybridized carbons (Fsp3) is 0.250. The molecule has 6 rings (SSSR count). The van der Waals surface area contributed by atoms with E-state index in [0.29, 0.717) is 11.4 Å². The smallest absolute Gasteiger partial charge is 0.229 e. The predicted molar refractivity (Wildman–Crippen MR) is 164 cm³/mol. The molecule has 0 bridgehead atoms. The van der Waals surface area contributed by atoms with E-state index in [4.69, 9.17) is 9.47 Å². The number of pyridine rings is 1. The number of allylic oxidation sites excluding steroid dienone is 4. The minimum absolute atomic E-state index is 0.113. The molecule has 3 aromatic rings. The number of carbonyl (C=O) groups excluding carboxylic acids is 1. The van der Waals surface area contributed by atoms with Crippen LogP contribution in [0.1, 0.15) is 11.3 Å². The van der Waals surface area contributed by atoms with Gasteiger partial charge in [-0.1, -0.05) is 11.8 Å². The number of carbonyl (C=O) groups is 1. The van der Waals surface area contributed by atoms with Crippen LogP contribution in [0, 0.1) is 3.57 Å². The first-order valence-electron chi connectivity index (χ1n) is 13.6. The molecule has 5 atom stereocenters. The molecule has 1 saturated heterocycles. The van der Waals surface area contributed by atoms with Gasteiger partial charge >= 0.3 is 0 Å². The lowest BCUT2D eigenvalue weighted by molar-refractivity contribution is -0.646. The van der Waals surface area contributed by atoms with Crippen molar-refractivity contribution in [1.82, 2.24) is 0 Å². The van der Waals surface area contributed by atoms with Crippen LogP contribution in [0.4, 0.5) is 5.69 Å². The molecule has 0 unspecified atom stereocenters. The third-order valence-corrected chi connectivity index (χ3v) is 8.69. The summed E-state index contributed by atoms with van der Waals surface area (Å²) in [5.41, 5.74) is 4.20. The van der Waals surface area contributed by atoms with Crippen LogP contribution in [0.2, 0.25) is 0 Å². The predicted octanol–water partition coefficient (Wildman–Crippen LogP) is 1.08. The molecular weight excluding hydrogens is 667 g/mol. The third-order valence-electron chi connectivity index (χ3n) is 8.02. The molecule has 2 aliphatic heterocycles. The van der Waals surface area contributed by atoms with Crippen molar-refractivity contribution in [2.45, 2.75) is 30.7 Å². The fourth-order valence-electron chi connectivity index (χ4n) is 5.44. The summed E-state index contributed by atoms with van der Waals surface area (Å²) in [4.78, 5) is 14.9. The Morgan fingerprint density at radius 1 is 1.05 bits per heavy atom. The molecule has 3 aliphatic rings. The lowest BCUT2D eigenvalue weighted by atomic mass is 9.86. The van der Waals surface area contributed by atoms with Gasteiger partial charge in [-0.3, -0.25) is 4.79 Å². The summed E-state index contributed by atoms with van der Waals surface area (Å²) in [6.45, 7) is -0.555. The van der Waals surface area contributed by atoms with Crippen molar-refractivity contribution in [1.29, 1.82) is 0 Å². The normalized spacial score (nSPS) is 27.2. The number of benzene rings is 2. The van der Waals surface area contributed by atoms with Gasteiger partial charge in [0.2, 0.25) is 17.5 Å². The van der Waals surface area contributed by atoms with Crippen molar-refractivity contribution in [3.8, 4) is 5.75 Å². The number of ketones is 1. The Labute approximate surface area is 260 Å². The molecule has 0 spiro atoms. The second-order valence-electron chi connectivity index (χ2n) is 10.6. The molecule has 11 heteroatoms. The molecule has 0 radical (unpaired) electrons. The summed E-state index contributed by atoms with van der Waals surface area (Å²) in [7, 11) is 3.72. The maximum Gasteiger partial charge on any atom is 0.229 e. The van der Waals surface area contributed by atoms with E-state index >= 15 is 0 Å². The standard InChI is InChI=1S/C32H29IN2O8/c1-34-19(6-3-16-11-18(33)5-9-24(16)34)13-22-27(37)23(28(22)38)14-20-7-4-17-12-21(8-10-25(17)35(20)2)42-32-31(41)30(40)29(39)26(15-36)43-32/h3-14,26,29-32,36,39-41H,15H2,1-2H3/t26-,29-,30+,31-,32-/m1/s1. The molecule has 3 heterocycles. The zero-order valence-electron chi connectivity index (χ0n) is 23.2. The van der Waals surface area contributed by atoms with Crippen LogP contribution in [0.15, 0.2) is 83.3 Å². The van der Waals surface area contributed by atoms with Gasteiger partial charge in [-0.25, -0.2) is 0 Å². The number of hydrogen-bond acceptors (Lipinski definition) is 9. The van der Waals surface area contributed by atoms with E-state index in [-0.39, 0.29) is 22.7 Å². The molecule has 10 nitrogen and oxygen atoms in total. The summed E-state index contributed by atoms with van der Waals surface area (Å²) in [5, 5.41) is 53.8. The van der Waals surface area contributed by atoms with Crippen LogP contribution in [0.5, 0.6) is 5.75 Å². The summed E-state index contributed by atoms with van der Waals surface area (Å²) in [6, 6.07) is 15.1. The van der Waals surface area contributed by atoms with E-state index in [0.717, 1.165) is 31.4 Å². The van der Waals surface area contributed by atoms with E-state index in [1.165, 1.54) is 0 Å². The van der Waals surface area contributed by atoms with Gasteiger partial charge in [0.05, 0.1) is 6.61 Å². The summed E-state index contributed by atoms with van der Waals surface area (Å²) in [6.07, 6.45) is -0.121. The Morgan fingerprint density at radius 2 is 1.84 bits per heavy atom. The Morgan fingerprint density at radius 3 is 2.58 bits per heavy atom. The average Bonchev–Trinajstić information content (AvgIpc) is 3.00. The van der Waals surface area contributed by atoms with Crippen molar-refractivity contribution < 1.29 is 44.4 Å². The lowest BCUT2D eigenvalue weighted by Crippen LogP contribution is -2.60. The van der Waals surface area contributed by atoms with Gasteiger partial charge in [0, 0.05) is 62.3 Å². The topological polar surface area (TPSA) is 147 Å². The van der Waals surface area contributed by atoms with Crippen LogP contribution >= 0.6 is 22.6 Å². The number of nitrogens with zero attached hydrogens (tertiary/aromatic N) is 2. The second kappa shape index (κ2) is 11.5. The molecule has 1 fully saturated rings. The number of anilines is 1. The van der Waals surface area contributed by atoms with Gasteiger partial charge in [0.25, 0.3) is 0 Å². The van der Waals surface area contributed by atoms with Gasteiger partial charge in [-0.05, 0) is 71.1 Å². The Bertz CT molecular complexity index is 1760. The highest BCUT2D eigenvalue weighted by Crippen LogP contribution is 2.36. The number of Topliss-reactive ketones (excluding diaryl/α,β-unsaturated/α-hetero) is 1. The number of aromatic nitrogens is 1. The summed E-state index contributed by atoms with van der Waals surface area (Å²) >= 11 is 2.26. The van der Waals surface area contributed by atoms with Crippen molar-refractivity contribution >= 4 is 57.1 Å². The Kier molecular flexibility index (Phi) is 7.87. The zero-order valence-corrected chi connectivity index (χ0v) is 25.4. The summed E-state index contributed by atoms with van der Waals surface area (Å²) in [5.74, 6) is -0.286. The largest absolute Gasteiger partial charge is 0.871 e. The fourth-order valence-corrected chi connectivity index (χ4v) is 5.96. The number of likely N-dealkylation sites (N-methyl/N-ethyl adjacent to an activating group) is 1. The molecule has 2 aromatic carbocycles. The van der Waals surface area contributed by atoms with Crippen LogP contribution < -0.4 is 19.3 Å². The minimum atomic E-state index is -1.54. The van der Waals surface area contributed by atoms with Gasteiger partial charge in [-0.2, -0.15) is 4.57 Å². The van der Waals surface area contributed by atoms with E-state index in [9.17, 15) is 30.3 Å². The first-order valence-corrected chi connectivity index (χ1v) is 14.7. The van der Waals surface area contributed by atoms with Gasteiger partial charge in [-0.15, -0.1) is 0 Å². The maximum absolute atomic E-state index is 13.0. The second-order valence-corrected chi connectivity index (χ2v) is 11.9. The van der Waals surface area contributed by atoms with Crippen LogP contribution in [0.25, 0.3) is 23.1 Å². The number of aryl methyl sites for hydroxylation is 1. The molecule has 222 valence electrons. The van der Waals surface area contributed by atoms with Gasteiger partial charge in [0.1, 0.15) is 37.2 Å².